The third kappa shape index (κ3) is 4.64. The molecular formula is C17H24O3. The second kappa shape index (κ2) is 8.05. The van der Waals surface area contributed by atoms with Gasteiger partial charge in [0.2, 0.25) is 0 Å². The first-order chi connectivity index (χ1) is 9.79. The molecule has 0 aromatic heterocycles. The number of unbranched alkanes of at least 4 members (excludes halogenated alkanes) is 2. The Balaban J connectivity index is 1.77. The number of rotatable bonds is 7. The van der Waals surface area contributed by atoms with Crippen molar-refractivity contribution in [2.45, 2.75) is 64.4 Å². The van der Waals surface area contributed by atoms with Crippen LogP contribution in [0.5, 0.6) is 0 Å². The van der Waals surface area contributed by atoms with Gasteiger partial charge < -0.3 is 0 Å². The monoisotopic (exact) mass is 276 g/mol. The molecule has 2 rings (SSSR count). The lowest BCUT2D eigenvalue weighted by atomic mass is 10.1. The first-order valence-electron chi connectivity index (χ1n) is 7.76. The van der Waals surface area contributed by atoms with E-state index in [2.05, 4.69) is 6.92 Å². The zero-order valence-corrected chi connectivity index (χ0v) is 12.3. The average molecular weight is 276 g/mol. The molecule has 0 amide bonds. The maximum atomic E-state index is 11.8. The molecule has 0 bridgehead atoms. The van der Waals surface area contributed by atoms with Gasteiger partial charge in [-0.2, -0.15) is 4.89 Å². The second-order valence-electron chi connectivity index (χ2n) is 5.53. The second-order valence-corrected chi connectivity index (χ2v) is 5.53. The number of benzene rings is 1. The molecule has 1 aliphatic carbocycles. The van der Waals surface area contributed by atoms with Gasteiger partial charge >= 0.3 is 5.97 Å². The van der Waals surface area contributed by atoms with Crippen molar-refractivity contribution < 1.29 is 14.6 Å². The fraction of sp³-hybridized carbons (Fsp3) is 0.588. The highest BCUT2D eigenvalue weighted by Gasteiger charge is 2.19. The summed E-state index contributed by atoms with van der Waals surface area (Å²) in [6.07, 6.45) is 9.14. The molecular weight excluding hydrogens is 252 g/mol. The Morgan fingerprint density at radius 2 is 1.85 bits per heavy atom. The lowest BCUT2D eigenvalue weighted by molar-refractivity contribution is -0.272. The topological polar surface area (TPSA) is 35.5 Å². The van der Waals surface area contributed by atoms with Crippen molar-refractivity contribution in [3.05, 3.63) is 35.4 Å². The van der Waals surface area contributed by atoms with E-state index in [1.807, 2.05) is 24.3 Å². The van der Waals surface area contributed by atoms with Crippen LogP contribution in [0.2, 0.25) is 0 Å². The largest absolute Gasteiger partial charge is 0.373 e. The molecule has 1 fully saturated rings. The molecule has 3 heteroatoms. The number of carbonyl (C=O) groups is 1. The van der Waals surface area contributed by atoms with E-state index in [1.165, 1.54) is 24.8 Å². The van der Waals surface area contributed by atoms with E-state index in [0.29, 0.717) is 5.56 Å². The van der Waals surface area contributed by atoms with Gasteiger partial charge in [-0.3, -0.25) is 4.89 Å². The van der Waals surface area contributed by atoms with Gasteiger partial charge in [-0.15, -0.1) is 0 Å². The van der Waals surface area contributed by atoms with Crippen molar-refractivity contribution in [2.24, 2.45) is 0 Å². The Kier molecular flexibility index (Phi) is 6.06. The van der Waals surface area contributed by atoms with Gasteiger partial charge in [0.1, 0.15) is 6.10 Å². The Morgan fingerprint density at radius 1 is 1.15 bits per heavy atom. The van der Waals surface area contributed by atoms with E-state index in [4.69, 9.17) is 9.78 Å². The summed E-state index contributed by atoms with van der Waals surface area (Å²) in [6, 6.07) is 7.65. The molecule has 1 aromatic carbocycles. The highest BCUT2D eigenvalue weighted by Crippen LogP contribution is 2.21. The molecule has 1 aromatic rings. The van der Waals surface area contributed by atoms with Crippen LogP contribution in [0.15, 0.2) is 24.3 Å². The SMILES string of the molecule is CCCCCc1ccc(C(=O)OOC2CCCC2)cc1. The van der Waals surface area contributed by atoms with Crippen molar-refractivity contribution in [3.8, 4) is 0 Å². The maximum Gasteiger partial charge on any atom is 0.373 e. The number of carbonyl (C=O) groups excluding carboxylic acids is 1. The van der Waals surface area contributed by atoms with Crippen molar-refractivity contribution >= 4 is 5.97 Å². The van der Waals surface area contributed by atoms with Crippen LogP contribution in [0.4, 0.5) is 0 Å². The Bertz CT molecular complexity index is 405. The molecule has 0 aliphatic heterocycles. The fourth-order valence-corrected chi connectivity index (χ4v) is 2.53. The molecule has 0 unspecified atom stereocenters. The minimum absolute atomic E-state index is 0.0901. The molecule has 0 atom stereocenters. The fourth-order valence-electron chi connectivity index (χ4n) is 2.53. The maximum absolute atomic E-state index is 11.8. The van der Waals surface area contributed by atoms with Crippen LogP contribution in [0.1, 0.15) is 67.8 Å². The molecule has 0 spiro atoms. The first-order valence-corrected chi connectivity index (χ1v) is 7.76. The van der Waals surface area contributed by atoms with Gasteiger partial charge in [0, 0.05) is 0 Å². The number of aryl methyl sites for hydroxylation is 1. The summed E-state index contributed by atoms with van der Waals surface area (Å²) in [5.41, 5.74) is 1.83. The van der Waals surface area contributed by atoms with Crippen LogP contribution in [-0.4, -0.2) is 12.1 Å². The quantitative estimate of drug-likeness (QED) is 0.419. The predicted molar refractivity (Wildman–Crippen MR) is 78.4 cm³/mol. The van der Waals surface area contributed by atoms with Crippen LogP contribution in [0, 0.1) is 0 Å². The van der Waals surface area contributed by atoms with Crippen LogP contribution in [-0.2, 0) is 16.2 Å². The summed E-state index contributed by atoms with van der Waals surface area (Å²) in [4.78, 5) is 21.9. The molecule has 3 nitrogen and oxygen atoms in total. The first kappa shape index (κ1) is 15.0. The van der Waals surface area contributed by atoms with Crippen molar-refractivity contribution in [1.29, 1.82) is 0 Å². The van der Waals surface area contributed by atoms with Gasteiger partial charge in [0.25, 0.3) is 0 Å². The van der Waals surface area contributed by atoms with Gasteiger partial charge in [0.15, 0.2) is 0 Å². The average Bonchev–Trinajstić information content (AvgIpc) is 2.99. The number of hydrogen-bond acceptors (Lipinski definition) is 3. The predicted octanol–water partition coefficient (Wildman–Crippen LogP) is 4.45. The normalized spacial score (nSPS) is 15.4. The third-order valence-electron chi connectivity index (χ3n) is 3.82. The van der Waals surface area contributed by atoms with E-state index in [0.717, 1.165) is 32.1 Å². The van der Waals surface area contributed by atoms with E-state index in [9.17, 15) is 4.79 Å². The minimum Gasteiger partial charge on any atom is -0.293 e. The van der Waals surface area contributed by atoms with Gasteiger partial charge in [-0.05, 0) is 43.4 Å². The molecule has 0 heterocycles. The van der Waals surface area contributed by atoms with Crippen LogP contribution < -0.4 is 0 Å². The van der Waals surface area contributed by atoms with Crippen LogP contribution in [0.25, 0.3) is 0 Å². The summed E-state index contributed by atoms with van der Waals surface area (Å²) in [5, 5.41) is 0. The van der Waals surface area contributed by atoms with Crippen molar-refractivity contribution in [1.82, 2.24) is 0 Å². The van der Waals surface area contributed by atoms with E-state index in [1.54, 1.807) is 0 Å². The van der Waals surface area contributed by atoms with Crippen molar-refractivity contribution in [2.75, 3.05) is 0 Å². The van der Waals surface area contributed by atoms with Gasteiger partial charge in [0.05, 0.1) is 5.56 Å². The minimum atomic E-state index is -0.392. The van der Waals surface area contributed by atoms with Gasteiger partial charge in [-0.1, -0.05) is 44.7 Å². The highest BCUT2D eigenvalue weighted by atomic mass is 17.2. The molecule has 0 saturated heterocycles. The summed E-state index contributed by atoms with van der Waals surface area (Å²) in [7, 11) is 0. The Labute approximate surface area is 121 Å². The zero-order chi connectivity index (χ0) is 14.2. The molecule has 110 valence electrons. The van der Waals surface area contributed by atoms with Crippen LogP contribution in [0.3, 0.4) is 0 Å². The molecule has 1 saturated carbocycles. The summed E-state index contributed by atoms with van der Waals surface area (Å²) < 4.78 is 0. The molecule has 0 N–H and O–H groups in total. The van der Waals surface area contributed by atoms with Crippen molar-refractivity contribution in [3.63, 3.8) is 0 Å². The zero-order valence-electron chi connectivity index (χ0n) is 12.3. The molecule has 0 radical (unpaired) electrons. The number of hydrogen-bond donors (Lipinski definition) is 0. The lowest BCUT2D eigenvalue weighted by Gasteiger charge is -2.09. The summed E-state index contributed by atoms with van der Waals surface area (Å²) in [6.45, 7) is 2.20. The van der Waals surface area contributed by atoms with E-state index < -0.39 is 5.97 Å². The van der Waals surface area contributed by atoms with E-state index >= 15 is 0 Å². The third-order valence-corrected chi connectivity index (χ3v) is 3.82. The highest BCUT2D eigenvalue weighted by molar-refractivity contribution is 5.88. The standard InChI is InChI=1S/C17H24O3/c1-2-3-4-7-14-10-12-15(13-11-14)17(18)20-19-16-8-5-6-9-16/h10-13,16H,2-9H2,1H3. The van der Waals surface area contributed by atoms with Gasteiger partial charge in [-0.25, -0.2) is 4.79 Å². The molecule has 1 aliphatic rings. The lowest BCUT2D eigenvalue weighted by Crippen LogP contribution is -2.13. The smallest absolute Gasteiger partial charge is 0.293 e. The summed E-state index contributed by atoms with van der Waals surface area (Å²) >= 11 is 0. The Hall–Kier alpha value is -1.35. The molecule has 20 heavy (non-hydrogen) atoms. The van der Waals surface area contributed by atoms with Crippen LogP contribution >= 0.6 is 0 Å². The Morgan fingerprint density at radius 3 is 2.50 bits per heavy atom. The summed E-state index contributed by atoms with van der Waals surface area (Å²) in [5.74, 6) is -0.392. The van der Waals surface area contributed by atoms with E-state index in [-0.39, 0.29) is 6.10 Å².